The number of piperazine rings is 1. The van der Waals surface area contributed by atoms with Gasteiger partial charge in [-0.2, -0.15) is 14.1 Å². The Hall–Kier alpha value is -3.45. The second kappa shape index (κ2) is 10.6. The molecule has 1 aromatic heterocycles. The van der Waals surface area contributed by atoms with E-state index in [0.29, 0.717) is 11.6 Å². The van der Waals surface area contributed by atoms with E-state index < -0.39 is 45.7 Å². The first-order valence-electron chi connectivity index (χ1n) is 12.4. The molecule has 0 radical (unpaired) electrons. The first-order valence-corrected chi connectivity index (χ1v) is 14.0. The van der Waals surface area contributed by atoms with Crippen LogP contribution in [0.3, 0.4) is 0 Å². The van der Waals surface area contributed by atoms with Crippen LogP contribution in [-0.2, 0) is 15.8 Å². The molecule has 1 atom stereocenters. The number of hydrogen-bond acceptors (Lipinski definition) is 6. The van der Waals surface area contributed by atoms with Crippen molar-refractivity contribution in [3.05, 3.63) is 82.3 Å². The van der Waals surface area contributed by atoms with Crippen LogP contribution >= 0.6 is 0 Å². The van der Waals surface area contributed by atoms with Crippen LogP contribution in [0.15, 0.2) is 59.5 Å². The zero-order valence-electron chi connectivity index (χ0n) is 20.8. The summed E-state index contributed by atoms with van der Waals surface area (Å²) in [6.45, 7) is 0.610. The highest BCUT2D eigenvalue weighted by molar-refractivity contribution is 7.88. The molecule has 2 fully saturated rings. The predicted molar refractivity (Wildman–Crippen MR) is 136 cm³/mol. The van der Waals surface area contributed by atoms with Crippen LogP contribution < -0.4 is 15.2 Å². The number of benzene rings is 2. The minimum atomic E-state index is -3.60. The van der Waals surface area contributed by atoms with Gasteiger partial charge < -0.3 is 9.64 Å². The number of hydrogen-bond donors (Lipinski definition) is 0. The Labute approximate surface area is 222 Å². The van der Waals surface area contributed by atoms with Gasteiger partial charge in [0.05, 0.1) is 17.6 Å². The van der Waals surface area contributed by atoms with E-state index in [0.717, 1.165) is 16.8 Å². The second-order valence-corrected chi connectivity index (χ2v) is 11.6. The van der Waals surface area contributed by atoms with Crippen LogP contribution in [0, 0.1) is 11.6 Å². The highest BCUT2D eigenvalue weighted by atomic mass is 32.2. The van der Waals surface area contributed by atoms with E-state index in [4.69, 9.17) is 4.74 Å². The number of anilines is 1. The molecule has 13 heteroatoms. The molecule has 0 N–H and O–H groups in total. The van der Waals surface area contributed by atoms with Gasteiger partial charge in [0.15, 0.2) is 0 Å². The van der Waals surface area contributed by atoms with Gasteiger partial charge in [0.1, 0.15) is 23.4 Å². The van der Waals surface area contributed by atoms with E-state index in [1.807, 2.05) is 0 Å². The maximum Gasteiger partial charge on any atom is 0.316 e. The zero-order chi connectivity index (χ0) is 27.8. The molecule has 0 amide bonds. The monoisotopic (exact) mass is 566 g/mol. The lowest BCUT2D eigenvalue weighted by atomic mass is 10.2. The lowest BCUT2D eigenvalue weighted by molar-refractivity contribution is -0.00117. The summed E-state index contributed by atoms with van der Waals surface area (Å²) in [7, 11) is -3.60. The van der Waals surface area contributed by atoms with Gasteiger partial charge in [-0.1, -0.05) is 30.3 Å². The Morgan fingerprint density at radius 2 is 1.67 bits per heavy atom. The van der Waals surface area contributed by atoms with Gasteiger partial charge in [-0.25, -0.2) is 26.0 Å². The fourth-order valence-corrected chi connectivity index (χ4v) is 6.39. The minimum absolute atomic E-state index is 0.0221. The molecule has 208 valence electrons. The molecule has 1 aliphatic heterocycles. The number of halogens is 4. The molecule has 2 heterocycles. The molecule has 0 bridgehead atoms. The van der Waals surface area contributed by atoms with E-state index in [1.165, 1.54) is 10.5 Å². The van der Waals surface area contributed by atoms with Gasteiger partial charge in [0.25, 0.3) is 5.92 Å². The molecule has 1 aliphatic carbocycles. The highest BCUT2D eigenvalue weighted by Crippen LogP contribution is 2.38. The average molecular weight is 567 g/mol. The van der Waals surface area contributed by atoms with Crippen molar-refractivity contribution in [2.45, 2.75) is 37.0 Å². The van der Waals surface area contributed by atoms with E-state index in [-0.39, 0.29) is 61.9 Å². The Balaban J connectivity index is 1.41. The van der Waals surface area contributed by atoms with E-state index in [2.05, 4.69) is 5.10 Å². The van der Waals surface area contributed by atoms with Gasteiger partial charge in [-0.3, -0.25) is 4.79 Å². The summed E-state index contributed by atoms with van der Waals surface area (Å²) < 4.78 is 89.2. The Kier molecular flexibility index (Phi) is 7.38. The summed E-state index contributed by atoms with van der Waals surface area (Å²) >= 11 is 0. The lowest BCUT2D eigenvalue weighted by Crippen LogP contribution is -2.49. The second-order valence-electron chi connectivity index (χ2n) is 9.67. The van der Waals surface area contributed by atoms with Crippen molar-refractivity contribution in [1.29, 1.82) is 0 Å². The first kappa shape index (κ1) is 27.1. The SMILES string of the molecule is O=c1c(OC2CCC(F)(F)C2)c(N2CCN(S(=O)(=O)Cc3ccccc3)CC2)cnn1-c1cc(F)cc(F)c1. The van der Waals surface area contributed by atoms with Gasteiger partial charge in [0, 0.05) is 45.1 Å². The van der Waals surface area contributed by atoms with E-state index in [9.17, 15) is 30.8 Å². The maximum atomic E-state index is 13.9. The van der Waals surface area contributed by atoms with Crippen LogP contribution in [0.5, 0.6) is 5.75 Å². The smallest absolute Gasteiger partial charge is 0.316 e. The van der Waals surface area contributed by atoms with Crippen molar-refractivity contribution in [3.8, 4) is 11.4 Å². The fraction of sp³-hybridized carbons (Fsp3) is 0.385. The molecule has 2 aliphatic rings. The van der Waals surface area contributed by atoms with Crippen molar-refractivity contribution < 1.29 is 30.7 Å². The molecule has 3 aromatic rings. The quantitative estimate of drug-likeness (QED) is 0.406. The lowest BCUT2D eigenvalue weighted by Gasteiger charge is -2.36. The molecule has 0 spiro atoms. The molecule has 5 rings (SSSR count). The van der Waals surface area contributed by atoms with Crippen molar-refractivity contribution >= 4 is 15.7 Å². The average Bonchev–Trinajstić information content (AvgIpc) is 3.23. The van der Waals surface area contributed by atoms with Crippen LogP contribution in [-0.4, -0.2) is 60.7 Å². The molecule has 8 nitrogen and oxygen atoms in total. The zero-order valence-corrected chi connectivity index (χ0v) is 21.6. The Morgan fingerprint density at radius 3 is 2.28 bits per heavy atom. The third-order valence-electron chi connectivity index (χ3n) is 6.81. The molecule has 2 aromatic carbocycles. The molecular formula is C26H26F4N4O4S. The topological polar surface area (TPSA) is 84.7 Å². The summed E-state index contributed by atoms with van der Waals surface area (Å²) in [6.07, 6.45) is -0.623. The van der Waals surface area contributed by atoms with Gasteiger partial charge in [-0.05, 0) is 24.1 Å². The number of rotatable bonds is 7. The summed E-state index contributed by atoms with van der Waals surface area (Å²) in [5.41, 5.74) is -0.205. The van der Waals surface area contributed by atoms with Crippen molar-refractivity contribution in [1.82, 2.24) is 14.1 Å². The number of aromatic nitrogens is 2. The number of alkyl halides is 2. The molecule has 39 heavy (non-hydrogen) atoms. The minimum Gasteiger partial charge on any atom is -0.483 e. The number of nitrogens with zero attached hydrogens (tertiary/aromatic N) is 4. The number of ether oxygens (including phenoxy) is 1. The highest BCUT2D eigenvalue weighted by Gasteiger charge is 2.41. The molecule has 1 saturated carbocycles. The van der Waals surface area contributed by atoms with Crippen molar-refractivity contribution in [2.24, 2.45) is 0 Å². The van der Waals surface area contributed by atoms with E-state index >= 15 is 0 Å². The Bertz CT molecular complexity index is 1490. The first-order chi connectivity index (χ1) is 18.5. The van der Waals surface area contributed by atoms with Crippen molar-refractivity contribution in [3.63, 3.8) is 0 Å². The van der Waals surface area contributed by atoms with E-state index in [1.54, 1.807) is 35.2 Å². The predicted octanol–water partition coefficient (Wildman–Crippen LogP) is 3.73. The normalized spacial score (nSPS) is 19.8. The molecule has 1 unspecified atom stereocenters. The van der Waals surface area contributed by atoms with Crippen LogP contribution in [0.25, 0.3) is 5.69 Å². The largest absolute Gasteiger partial charge is 0.483 e. The van der Waals surface area contributed by atoms with Crippen molar-refractivity contribution in [2.75, 3.05) is 31.1 Å². The van der Waals surface area contributed by atoms with Crippen LogP contribution in [0.2, 0.25) is 0 Å². The van der Waals surface area contributed by atoms with Crippen LogP contribution in [0.4, 0.5) is 23.2 Å². The fourth-order valence-electron chi connectivity index (χ4n) is 4.87. The molecular weight excluding hydrogens is 540 g/mol. The third-order valence-corrected chi connectivity index (χ3v) is 8.66. The van der Waals surface area contributed by atoms with Gasteiger partial charge in [-0.15, -0.1) is 0 Å². The summed E-state index contributed by atoms with van der Waals surface area (Å²) in [5, 5.41) is 4.06. The number of sulfonamides is 1. The summed E-state index contributed by atoms with van der Waals surface area (Å²) in [4.78, 5) is 15.1. The third kappa shape index (κ3) is 6.09. The van der Waals surface area contributed by atoms with Gasteiger partial charge in [0.2, 0.25) is 15.8 Å². The standard InChI is InChI=1S/C26H26F4N4O4S/c27-19-12-20(28)14-21(13-19)34-25(35)24(38-22-6-7-26(29,30)15-22)23(16-31-34)32-8-10-33(11-9-32)39(36,37)17-18-4-2-1-3-5-18/h1-5,12-14,16,22H,6-11,15,17H2. The van der Waals surface area contributed by atoms with Gasteiger partial charge >= 0.3 is 5.56 Å². The Morgan fingerprint density at radius 1 is 1.00 bits per heavy atom. The maximum absolute atomic E-state index is 13.9. The summed E-state index contributed by atoms with van der Waals surface area (Å²) in [5.74, 6) is -5.21. The summed E-state index contributed by atoms with van der Waals surface area (Å²) in [6, 6.07) is 11.3. The van der Waals surface area contributed by atoms with Crippen LogP contribution in [0.1, 0.15) is 24.8 Å². The molecule has 1 saturated heterocycles.